The smallest absolute Gasteiger partial charge is 0.262 e. The van der Waals surface area contributed by atoms with E-state index in [4.69, 9.17) is 4.74 Å². The first kappa shape index (κ1) is 17.9. The minimum atomic E-state index is -0.232. The third-order valence-corrected chi connectivity index (χ3v) is 4.39. The Morgan fingerprint density at radius 2 is 1.88 bits per heavy atom. The maximum atomic E-state index is 12.5. The van der Waals surface area contributed by atoms with E-state index in [9.17, 15) is 9.59 Å². The molecule has 0 spiro atoms. The Morgan fingerprint density at radius 1 is 1.15 bits per heavy atom. The zero-order valence-electron chi connectivity index (χ0n) is 15.0. The average Bonchev–Trinajstić information content (AvgIpc) is 2.66. The SMILES string of the molecule is CCN(CC)Cc1ccc(NC(=O)c2ccc3c(c2)NC(=O)CO3)cc1. The van der Waals surface area contributed by atoms with Gasteiger partial charge in [0.2, 0.25) is 0 Å². The van der Waals surface area contributed by atoms with E-state index in [1.54, 1.807) is 18.2 Å². The molecule has 0 saturated carbocycles. The third-order valence-electron chi connectivity index (χ3n) is 4.39. The zero-order chi connectivity index (χ0) is 18.5. The van der Waals surface area contributed by atoms with Gasteiger partial charge in [0.05, 0.1) is 5.69 Å². The molecule has 0 saturated heterocycles. The van der Waals surface area contributed by atoms with Gasteiger partial charge >= 0.3 is 0 Å². The van der Waals surface area contributed by atoms with Crippen molar-refractivity contribution in [1.29, 1.82) is 0 Å². The summed E-state index contributed by atoms with van der Waals surface area (Å²) >= 11 is 0. The first-order chi connectivity index (χ1) is 12.6. The number of amides is 2. The van der Waals surface area contributed by atoms with Crippen molar-refractivity contribution < 1.29 is 14.3 Å². The summed E-state index contributed by atoms with van der Waals surface area (Å²) in [4.78, 5) is 26.2. The van der Waals surface area contributed by atoms with Crippen LogP contribution in [0.1, 0.15) is 29.8 Å². The molecule has 1 heterocycles. The second-order valence-electron chi connectivity index (χ2n) is 6.16. The number of fused-ring (bicyclic) bond motifs is 1. The third kappa shape index (κ3) is 4.21. The van der Waals surface area contributed by atoms with Crippen LogP contribution in [-0.4, -0.2) is 36.4 Å². The van der Waals surface area contributed by atoms with E-state index >= 15 is 0 Å². The lowest BCUT2D eigenvalue weighted by Gasteiger charge is -2.19. The first-order valence-electron chi connectivity index (χ1n) is 8.78. The van der Waals surface area contributed by atoms with Gasteiger partial charge in [-0.25, -0.2) is 0 Å². The Labute approximate surface area is 153 Å². The minimum Gasteiger partial charge on any atom is -0.482 e. The van der Waals surface area contributed by atoms with Crippen LogP contribution in [0.3, 0.4) is 0 Å². The van der Waals surface area contributed by atoms with E-state index in [0.29, 0.717) is 17.0 Å². The van der Waals surface area contributed by atoms with Gasteiger partial charge in [0.15, 0.2) is 6.61 Å². The van der Waals surface area contributed by atoms with Gasteiger partial charge in [-0.3, -0.25) is 14.5 Å². The van der Waals surface area contributed by atoms with Gasteiger partial charge in [-0.1, -0.05) is 26.0 Å². The van der Waals surface area contributed by atoms with E-state index in [0.717, 1.165) is 25.3 Å². The van der Waals surface area contributed by atoms with E-state index in [-0.39, 0.29) is 18.4 Å². The van der Waals surface area contributed by atoms with Crippen LogP contribution in [-0.2, 0) is 11.3 Å². The summed E-state index contributed by atoms with van der Waals surface area (Å²) in [5.41, 5.74) is 2.92. The van der Waals surface area contributed by atoms with Crippen LogP contribution in [0.5, 0.6) is 5.75 Å². The molecule has 1 aliphatic rings. The van der Waals surface area contributed by atoms with Crippen molar-refractivity contribution >= 4 is 23.2 Å². The predicted molar refractivity (Wildman–Crippen MR) is 102 cm³/mol. The molecule has 0 radical (unpaired) electrons. The molecular formula is C20H23N3O3. The zero-order valence-corrected chi connectivity index (χ0v) is 15.0. The van der Waals surface area contributed by atoms with Crippen molar-refractivity contribution in [3.8, 4) is 5.75 Å². The summed E-state index contributed by atoms with van der Waals surface area (Å²) in [6, 6.07) is 12.8. The number of carbonyl (C=O) groups excluding carboxylic acids is 2. The second-order valence-corrected chi connectivity index (χ2v) is 6.16. The number of nitrogens with zero attached hydrogens (tertiary/aromatic N) is 1. The van der Waals surface area contributed by atoms with Gasteiger partial charge in [-0.15, -0.1) is 0 Å². The van der Waals surface area contributed by atoms with Gasteiger partial charge in [-0.05, 0) is 49.0 Å². The molecule has 1 aliphatic heterocycles. The highest BCUT2D eigenvalue weighted by Gasteiger charge is 2.18. The number of hydrogen-bond acceptors (Lipinski definition) is 4. The summed E-state index contributed by atoms with van der Waals surface area (Å²) in [5.74, 6) is 0.116. The van der Waals surface area contributed by atoms with E-state index < -0.39 is 0 Å². The predicted octanol–water partition coefficient (Wildman–Crippen LogP) is 3.11. The lowest BCUT2D eigenvalue weighted by Crippen LogP contribution is -2.25. The fourth-order valence-corrected chi connectivity index (χ4v) is 2.83. The van der Waals surface area contributed by atoms with E-state index in [2.05, 4.69) is 29.4 Å². The largest absolute Gasteiger partial charge is 0.482 e. The maximum absolute atomic E-state index is 12.5. The quantitative estimate of drug-likeness (QED) is 0.837. The lowest BCUT2D eigenvalue weighted by molar-refractivity contribution is -0.118. The van der Waals surface area contributed by atoms with Crippen molar-refractivity contribution in [2.75, 3.05) is 30.3 Å². The van der Waals surface area contributed by atoms with Crippen LogP contribution >= 0.6 is 0 Å². The van der Waals surface area contributed by atoms with Crippen molar-refractivity contribution in [3.05, 3.63) is 53.6 Å². The van der Waals surface area contributed by atoms with E-state index in [1.165, 1.54) is 5.56 Å². The maximum Gasteiger partial charge on any atom is 0.262 e. The summed E-state index contributed by atoms with van der Waals surface area (Å²) in [5, 5.41) is 5.59. The van der Waals surface area contributed by atoms with Crippen LogP contribution in [0.4, 0.5) is 11.4 Å². The standard InChI is InChI=1S/C20H23N3O3/c1-3-23(4-2)12-14-5-8-16(9-6-14)21-20(25)15-7-10-18-17(11-15)22-19(24)13-26-18/h5-11H,3-4,12-13H2,1-2H3,(H,21,25)(H,22,24). The summed E-state index contributed by atoms with van der Waals surface area (Å²) < 4.78 is 5.30. The summed E-state index contributed by atoms with van der Waals surface area (Å²) in [6.45, 7) is 7.19. The van der Waals surface area contributed by atoms with Crippen molar-refractivity contribution in [2.45, 2.75) is 20.4 Å². The topological polar surface area (TPSA) is 70.7 Å². The fourth-order valence-electron chi connectivity index (χ4n) is 2.83. The minimum absolute atomic E-state index is 0.00160. The first-order valence-corrected chi connectivity index (χ1v) is 8.78. The van der Waals surface area contributed by atoms with Crippen LogP contribution < -0.4 is 15.4 Å². The number of nitrogens with one attached hydrogen (secondary N) is 2. The molecule has 0 bridgehead atoms. The molecule has 6 heteroatoms. The molecule has 2 aromatic rings. The van der Waals surface area contributed by atoms with Gasteiger partial charge < -0.3 is 15.4 Å². The number of carbonyl (C=O) groups is 2. The number of rotatable bonds is 6. The molecule has 6 nitrogen and oxygen atoms in total. The molecule has 0 aliphatic carbocycles. The fraction of sp³-hybridized carbons (Fsp3) is 0.300. The molecule has 2 amide bonds. The lowest BCUT2D eigenvalue weighted by atomic mass is 10.1. The van der Waals surface area contributed by atoms with Crippen LogP contribution in [0.2, 0.25) is 0 Å². The Kier molecular flexibility index (Phi) is 5.53. The number of benzene rings is 2. The highest BCUT2D eigenvalue weighted by Crippen LogP contribution is 2.28. The summed E-state index contributed by atoms with van der Waals surface area (Å²) in [6.07, 6.45) is 0. The molecule has 136 valence electrons. The van der Waals surface area contributed by atoms with Gasteiger partial charge in [0.1, 0.15) is 5.75 Å². The average molecular weight is 353 g/mol. The highest BCUT2D eigenvalue weighted by molar-refractivity contribution is 6.06. The Bertz CT molecular complexity index is 798. The molecule has 2 aromatic carbocycles. The van der Waals surface area contributed by atoms with Crippen LogP contribution in [0, 0.1) is 0 Å². The normalized spacial score (nSPS) is 13.0. The van der Waals surface area contributed by atoms with Crippen molar-refractivity contribution in [3.63, 3.8) is 0 Å². The molecule has 0 atom stereocenters. The highest BCUT2D eigenvalue weighted by atomic mass is 16.5. The van der Waals surface area contributed by atoms with Crippen molar-refractivity contribution in [1.82, 2.24) is 4.90 Å². The molecule has 0 unspecified atom stereocenters. The molecule has 26 heavy (non-hydrogen) atoms. The Hall–Kier alpha value is -2.86. The number of anilines is 2. The molecule has 3 rings (SSSR count). The molecule has 2 N–H and O–H groups in total. The second kappa shape index (κ2) is 8.01. The van der Waals surface area contributed by atoms with Crippen molar-refractivity contribution in [2.24, 2.45) is 0 Å². The molecular weight excluding hydrogens is 330 g/mol. The van der Waals surface area contributed by atoms with Crippen LogP contribution in [0.15, 0.2) is 42.5 Å². The monoisotopic (exact) mass is 353 g/mol. The van der Waals surface area contributed by atoms with Gasteiger partial charge in [0, 0.05) is 17.8 Å². The van der Waals surface area contributed by atoms with Gasteiger partial charge in [0.25, 0.3) is 11.8 Å². The number of ether oxygens (including phenoxy) is 1. The Morgan fingerprint density at radius 3 is 2.58 bits per heavy atom. The summed E-state index contributed by atoms with van der Waals surface area (Å²) in [7, 11) is 0. The van der Waals surface area contributed by atoms with Crippen LogP contribution in [0.25, 0.3) is 0 Å². The Balaban J connectivity index is 1.66. The molecule has 0 fully saturated rings. The molecule has 0 aromatic heterocycles. The van der Waals surface area contributed by atoms with Gasteiger partial charge in [-0.2, -0.15) is 0 Å². The van der Waals surface area contributed by atoms with E-state index in [1.807, 2.05) is 24.3 Å². The number of hydrogen-bond donors (Lipinski definition) is 2.